The molecule has 2 atom stereocenters. The number of nitrogens with zero attached hydrogens (tertiary/aromatic N) is 2. The fraction of sp³-hybridized carbons (Fsp3) is 0.375. The van der Waals surface area contributed by atoms with E-state index in [1.165, 1.54) is 0 Å². The van der Waals surface area contributed by atoms with Crippen LogP contribution in [0.2, 0.25) is 5.02 Å². The second-order valence-electron chi connectivity index (χ2n) is 8.76. The van der Waals surface area contributed by atoms with Gasteiger partial charge in [0.2, 0.25) is 21.8 Å². The molecule has 2 saturated heterocycles. The number of sulfonamides is 1. The van der Waals surface area contributed by atoms with Crippen LogP contribution >= 0.6 is 23.4 Å². The maximum absolute atomic E-state index is 13.2. The third-order valence-electron chi connectivity index (χ3n) is 6.24. The van der Waals surface area contributed by atoms with Gasteiger partial charge in [0.05, 0.1) is 18.1 Å². The Bertz CT molecular complexity index is 1230. The van der Waals surface area contributed by atoms with E-state index in [9.17, 15) is 22.8 Å². The molecule has 2 N–H and O–H groups in total. The predicted octanol–water partition coefficient (Wildman–Crippen LogP) is 2.61. The quantitative estimate of drug-likeness (QED) is 0.571. The Hall–Kier alpha value is -2.60. The largest absolute Gasteiger partial charge is 0.337 e. The Morgan fingerprint density at radius 2 is 1.33 bits per heavy atom. The van der Waals surface area contributed by atoms with Gasteiger partial charge in [-0.25, -0.2) is 12.7 Å². The average molecular weight is 551 g/mol. The molecule has 192 valence electrons. The molecule has 9 nitrogen and oxygen atoms in total. The van der Waals surface area contributed by atoms with Crippen molar-refractivity contribution >= 4 is 62.5 Å². The Kier molecular flexibility index (Phi) is 8.23. The van der Waals surface area contributed by atoms with Crippen LogP contribution in [0.5, 0.6) is 0 Å². The highest BCUT2D eigenvalue weighted by atomic mass is 35.5. The summed E-state index contributed by atoms with van der Waals surface area (Å²) in [5, 5.41) is 6.02. The van der Waals surface area contributed by atoms with Gasteiger partial charge in [0.1, 0.15) is 0 Å². The molecule has 0 unspecified atom stereocenters. The number of benzene rings is 2. The summed E-state index contributed by atoms with van der Waals surface area (Å²) < 4.78 is 25.5. The number of hydrogen-bond acceptors (Lipinski definition) is 6. The number of amides is 3. The fourth-order valence-electron chi connectivity index (χ4n) is 4.22. The van der Waals surface area contributed by atoms with Gasteiger partial charge in [-0.15, -0.1) is 0 Å². The first-order valence-electron chi connectivity index (χ1n) is 11.4. The standard InChI is InChI=1S/C24H27ClN4O5S2/c1-36(33,34)29-14-20(21(15-29)23(31)27-19-8-4-17(25)5-9-19)22(30)26-18-6-2-16(3-7-18)24(32)28-10-12-35-13-11-28/h2-9,20-21H,10-15H2,1H3,(H,26,30)(H,27,31)/t20-,21-/m0/s1. The second kappa shape index (κ2) is 11.2. The van der Waals surface area contributed by atoms with Crippen LogP contribution in [0, 0.1) is 11.8 Å². The van der Waals surface area contributed by atoms with Crippen LogP contribution in [-0.4, -0.2) is 79.3 Å². The van der Waals surface area contributed by atoms with Crippen molar-refractivity contribution in [2.24, 2.45) is 11.8 Å². The SMILES string of the molecule is CS(=O)(=O)N1C[C@H](C(=O)Nc2ccc(Cl)cc2)[C@@H](C(=O)Nc2ccc(C(=O)N3CCSCC3)cc2)C1. The molecule has 4 rings (SSSR count). The molecule has 0 bridgehead atoms. The van der Waals surface area contributed by atoms with Gasteiger partial charge in [-0.2, -0.15) is 11.8 Å². The number of rotatable bonds is 6. The summed E-state index contributed by atoms with van der Waals surface area (Å²) in [4.78, 5) is 40.7. The molecule has 0 spiro atoms. The fourth-order valence-corrected chi connectivity index (χ4v) is 6.11. The highest BCUT2D eigenvalue weighted by Gasteiger charge is 2.44. The van der Waals surface area contributed by atoms with E-state index in [-0.39, 0.29) is 19.0 Å². The molecule has 0 aromatic heterocycles. The summed E-state index contributed by atoms with van der Waals surface area (Å²) in [7, 11) is -3.60. The van der Waals surface area contributed by atoms with Crippen molar-refractivity contribution in [3.8, 4) is 0 Å². The van der Waals surface area contributed by atoms with E-state index in [1.807, 2.05) is 16.7 Å². The molecule has 0 saturated carbocycles. The Balaban J connectivity index is 1.45. The van der Waals surface area contributed by atoms with E-state index in [0.29, 0.717) is 35.1 Å². The average Bonchev–Trinajstić information content (AvgIpc) is 3.33. The van der Waals surface area contributed by atoms with Crippen molar-refractivity contribution in [2.45, 2.75) is 0 Å². The number of carbonyl (C=O) groups is 3. The van der Waals surface area contributed by atoms with Crippen LogP contribution in [0.25, 0.3) is 0 Å². The van der Waals surface area contributed by atoms with Gasteiger partial charge < -0.3 is 15.5 Å². The van der Waals surface area contributed by atoms with E-state index >= 15 is 0 Å². The third kappa shape index (κ3) is 6.39. The van der Waals surface area contributed by atoms with Crippen LogP contribution in [0.3, 0.4) is 0 Å². The first-order chi connectivity index (χ1) is 17.1. The van der Waals surface area contributed by atoms with E-state index in [2.05, 4.69) is 10.6 Å². The molecule has 2 aliphatic rings. The minimum absolute atomic E-state index is 0.0494. The highest BCUT2D eigenvalue weighted by molar-refractivity contribution is 7.99. The lowest BCUT2D eigenvalue weighted by atomic mass is 9.94. The smallest absolute Gasteiger partial charge is 0.253 e. The number of thioether (sulfide) groups is 1. The molecule has 36 heavy (non-hydrogen) atoms. The molecule has 2 aromatic rings. The van der Waals surface area contributed by atoms with Crippen LogP contribution in [0.15, 0.2) is 48.5 Å². The second-order valence-corrected chi connectivity index (χ2v) is 12.4. The Labute approximate surface area is 219 Å². The van der Waals surface area contributed by atoms with Crippen molar-refractivity contribution < 1.29 is 22.8 Å². The monoisotopic (exact) mass is 550 g/mol. The van der Waals surface area contributed by atoms with Crippen molar-refractivity contribution in [3.05, 3.63) is 59.1 Å². The third-order valence-corrected chi connectivity index (χ3v) is 8.67. The summed E-state index contributed by atoms with van der Waals surface area (Å²) in [5.74, 6) is -0.912. The van der Waals surface area contributed by atoms with Crippen molar-refractivity contribution in [1.82, 2.24) is 9.21 Å². The lowest BCUT2D eigenvalue weighted by Crippen LogP contribution is -2.37. The maximum Gasteiger partial charge on any atom is 0.253 e. The Morgan fingerprint density at radius 3 is 1.81 bits per heavy atom. The zero-order valence-corrected chi connectivity index (χ0v) is 22.0. The molecule has 0 radical (unpaired) electrons. The van der Waals surface area contributed by atoms with E-state index in [4.69, 9.17) is 11.6 Å². The van der Waals surface area contributed by atoms with Crippen molar-refractivity contribution in [2.75, 3.05) is 54.6 Å². The molecule has 12 heteroatoms. The lowest BCUT2D eigenvalue weighted by molar-refractivity contribution is -0.127. The maximum atomic E-state index is 13.2. The van der Waals surface area contributed by atoms with Gasteiger partial charge in [-0.1, -0.05) is 11.6 Å². The minimum atomic E-state index is -3.60. The molecule has 2 aliphatic heterocycles. The molecular weight excluding hydrogens is 524 g/mol. The zero-order valence-electron chi connectivity index (χ0n) is 19.6. The van der Waals surface area contributed by atoms with Crippen LogP contribution in [0.1, 0.15) is 10.4 Å². The molecule has 0 aliphatic carbocycles. The van der Waals surface area contributed by atoms with Crippen LogP contribution < -0.4 is 10.6 Å². The van der Waals surface area contributed by atoms with Crippen molar-refractivity contribution in [1.29, 1.82) is 0 Å². The van der Waals surface area contributed by atoms with Gasteiger partial charge in [-0.05, 0) is 48.5 Å². The van der Waals surface area contributed by atoms with Crippen LogP contribution in [-0.2, 0) is 19.6 Å². The minimum Gasteiger partial charge on any atom is -0.337 e. The van der Waals surface area contributed by atoms with Crippen LogP contribution in [0.4, 0.5) is 11.4 Å². The van der Waals surface area contributed by atoms with Gasteiger partial charge in [0, 0.05) is 59.6 Å². The molecule has 3 amide bonds. The summed E-state index contributed by atoms with van der Waals surface area (Å²) >= 11 is 7.71. The number of carbonyl (C=O) groups excluding carboxylic acids is 3. The van der Waals surface area contributed by atoms with Crippen molar-refractivity contribution in [3.63, 3.8) is 0 Å². The van der Waals surface area contributed by atoms with Gasteiger partial charge in [0.15, 0.2) is 0 Å². The summed E-state index contributed by atoms with van der Waals surface area (Å²) in [6.07, 6.45) is 1.05. The van der Waals surface area contributed by atoms with E-state index < -0.39 is 33.7 Å². The molecule has 2 heterocycles. The van der Waals surface area contributed by atoms with Gasteiger partial charge in [-0.3, -0.25) is 14.4 Å². The van der Waals surface area contributed by atoms with Gasteiger partial charge in [0.25, 0.3) is 5.91 Å². The van der Waals surface area contributed by atoms with E-state index in [1.54, 1.807) is 48.5 Å². The number of nitrogens with one attached hydrogen (secondary N) is 2. The lowest BCUT2D eigenvalue weighted by Gasteiger charge is -2.26. The Morgan fingerprint density at radius 1 is 0.861 bits per heavy atom. The molecule has 2 fully saturated rings. The number of halogens is 1. The summed E-state index contributed by atoms with van der Waals surface area (Å²) in [6, 6.07) is 13.1. The topological polar surface area (TPSA) is 116 Å². The normalized spacial score (nSPS) is 20.7. The number of hydrogen-bond donors (Lipinski definition) is 2. The number of anilines is 2. The van der Waals surface area contributed by atoms with E-state index in [0.717, 1.165) is 22.1 Å². The molecular formula is C24H27ClN4O5S2. The summed E-state index contributed by atoms with van der Waals surface area (Å²) in [5.41, 5.74) is 1.48. The summed E-state index contributed by atoms with van der Waals surface area (Å²) in [6.45, 7) is 1.21. The first-order valence-corrected chi connectivity index (χ1v) is 14.8. The highest BCUT2D eigenvalue weighted by Crippen LogP contribution is 2.29. The molecule has 2 aromatic carbocycles. The zero-order chi connectivity index (χ0) is 25.9. The first kappa shape index (κ1) is 26.5. The van der Waals surface area contributed by atoms with Gasteiger partial charge >= 0.3 is 0 Å². The predicted molar refractivity (Wildman–Crippen MR) is 142 cm³/mol.